The maximum atomic E-state index is 13.6. The highest BCUT2D eigenvalue weighted by molar-refractivity contribution is 7.10. The van der Waals surface area contributed by atoms with E-state index in [2.05, 4.69) is 42.6 Å². The minimum Gasteiger partial charge on any atom is -0.330 e. The Bertz CT molecular complexity index is 1140. The van der Waals surface area contributed by atoms with E-state index in [-0.39, 0.29) is 36.3 Å². The third-order valence-electron chi connectivity index (χ3n) is 6.32. The number of benzene rings is 2. The molecule has 32 heavy (non-hydrogen) atoms. The Morgan fingerprint density at radius 3 is 2.47 bits per heavy atom. The van der Waals surface area contributed by atoms with Crippen molar-refractivity contribution in [1.29, 1.82) is 0 Å². The second kappa shape index (κ2) is 8.51. The van der Waals surface area contributed by atoms with Crippen LogP contribution in [0.1, 0.15) is 50.8 Å². The predicted molar refractivity (Wildman–Crippen MR) is 123 cm³/mol. The Kier molecular flexibility index (Phi) is 5.55. The van der Waals surface area contributed by atoms with E-state index in [9.17, 15) is 14.0 Å². The van der Waals surface area contributed by atoms with Gasteiger partial charge in [-0.1, -0.05) is 29.8 Å². The van der Waals surface area contributed by atoms with Gasteiger partial charge in [-0.05, 0) is 73.0 Å². The molecule has 5 rings (SSSR count). The van der Waals surface area contributed by atoms with Crippen molar-refractivity contribution in [3.63, 3.8) is 0 Å². The van der Waals surface area contributed by atoms with E-state index in [1.807, 2.05) is 4.90 Å². The van der Waals surface area contributed by atoms with Crippen molar-refractivity contribution in [2.75, 3.05) is 13.1 Å². The number of fused-ring (bicyclic) bond motifs is 1. The van der Waals surface area contributed by atoms with Crippen molar-refractivity contribution >= 4 is 23.2 Å². The summed E-state index contributed by atoms with van der Waals surface area (Å²) >= 11 is 1.74. The first-order valence-electron chi connectivity index (χ1n) is 11.0. The zero-order chi connectivity index (χ0) is 22.2. The SMILES string of the molecule is Cc1ccc(C2c3ccsc3CCN2C(=O)CN(C(=O)c2ccc(F)cc2)C2CC2)cc1. The minimum absolute atomic E-state index is 0.0444. The Morgan fingerprint density at radius 2 is 1.78 bits per heavy atom. The summed E-state index contributed by atoms with van der Waals surface area (Å²) in [5.41, 5.74) is 3.87. The van der Waals surface area contributed by atoms with Crippen LogP contribution in [0.4, 0.5) is 4.39 Å². The average molecular weight is 449 g/mol. The summed E-state index contributed by atoms with van der Waals surface area (Å²) in [6.07, 6.45) is 2.63. The standard InChI is InChI=1S/C26H25FN2O2S/c1-17-2-4-18(5-3-17)25-22-13-15-32-23(22)12-14-28(25)24(30)16-29(21-10-11-21)26(31)19-6-8-20(27)9-7-19/h2-9,13,15,21,25H,10-12,14,16H2,1H3. The lowest BCUT2D eigenvalue weighted by Crippen LogP contribution is -2.47. The van der Waals surface area contributed by atoms with Gasteiger partial charge in [0.25, 0.3) is 5.91 Å². The molecule has 1 saturated carbocycles. The van der Waals surface area contributed by atoms with Crippen molar-refractivity contribution in [3.05, 3.63) is 92.9 Å². The first-order valence-corrected chi connectivity index (χ1v) is 11.9. The van der Waals surface area contributed by atoms with Crippen LogP contribution in [0.2, 0.25) is 0 Å². The molecule has 0 radical (unpaired) electrons. The monoisotopic (exact) mass is 448 g/mol. The number of hydrogen-bond donors (Lipinski definition) is 0. The van der Waals surface area contributed by atoms with Gasteiger partial charge in [0.05, 0.1) is 6.04 Å². The molecular weight excluding hydrogens is 423 g/mol. The molecule has 2 heterocycles. The molecular formula is C26H25FN2O2S. The van der Waals surface area contributed by atoms with Crippen LogP contribution in [-0.4, -0.2) is 40.7 Å². The van der Waals surface area contributed by atoms with E-state index in [1.54, 1.807) is 16.2 Å². The van der Waals surface area contributed by atoms with E-state index in [0.717, 1.165) is 24.8 Å². The fourth-order valence-corrected chi connectivity index (χ4v) is 5.34. The Hall–Kier alpha value is -2.99. The first-order chi connectivity index (χ1) is 15.5. The van der Waals surface area contributed by atoms with Crippen molar-refractivity contribution < 1.29 is 14.0 Å². The van der Waals surface area contributed by atoms with Gasteiger partial charge in [-0.2, -0.15) is 0 Å². The van der Waals surface area contributed by atoms with Crippen LogP contribution in [0.15, 0.2) is 60.0 Å². The smallest absolute Gasteiger partial charge is 0.254 e. The summed E-state index contributed by atoms with van der Waals surface area (Å²) in [7, 11) is 0. The number of amides is 2. The lowest BCUT2D eigenvalue weighted by Gasteiger charge is -2.37. The lowest BCUT2D eigenvalue weighted by molar-refractivity contribution is -0.134. The normalized spacial score (nSPS) is 17.7. The van der Waals surface area contributed by atoms with E-state index in [0.29, 0.717) is 12.1 Å². The van der Waals surface area contributed by atoms with Gasteiger partial charge in [-0.3, -0.25) is 9.59 Å². The van der Waals surface area contributed by atoms with Crippen molar-refractivity contribution in [2.24, 2.45) is 0 Å². The molecule has 3 aromatic rings. The van der Waals surface area contributed by atoms with Gasteiger partial charge in [-0.15, -0.1) is 11.3 Å². The lowest BCUT2D eigenvalue weighted by atomic mass is 9.92. The number of halogens is 1. The summed E-state index contributed by atoms with van der Waals surface area (Å²) in [4.78, 5) is 31.6. The highest BCUT2D eigenvalue weighted by Crippen LogP contribution is 2.38. The van der Waals surface area contributed by atoms with Gasteiger partial charge in [0.15, 0.2) is 0 Å². The molecule has 164 valence electrons. The number of thiophene rings is 1. The highest BCUT2D eigenvalue weighted by Gasteiger charge is 2.38. The third-order valence-corrected chi connectivity index (χ3v) is 7.32. The van der Waals surface area contributed by atoms with Crippen LogP contribution in [0.5, 0.6) is 0 Å². The Labute approximate surface area is 191 Å². The second-order valence-electron chi connectivity index (χ2n) is 8.62. The third kappa shape index (κ3) is 4.07. The van der Waals surface area contributed by atoms with Gasteiger partial charge in [-0.25, -0.2) is 4.39 Å². The van der Waals surface area contributed by atoms with Crippen molar-refractivity contribution in [2.45, 2.75) is 38.3 Å². The molecule has 2 aliphatic rings. The molecule has 1 unspecified atom stereocenters. The molecule has 6 heteroatoms. The van der Waals surface area contributed by atoms with E-state index < -0.39 is 0 Å². The van der Waals surface area contributed by atoms with Crippen LogP contribution in [0, 0.1) is 12.7 Å². The highest BCUT2D eigenvalue weighted by atomic mass is 32.1. The average Bonchev–Trinajstić information content (AvgIpc) is 3.53. The summed E-state index contributed by atoms with van der Waals surface area (Å²) in [5, 5.41) is 2.09. The predicted octanol–water partition coefficient (Wildman–Crippen LogP) is 4.97. The van der Waals surface area contributed by atoms with Crippen LogP contribution in [-0.2, 0) is 11.2 Å². The molecule has 0 bridgehead atoms. The summed E-state index contributed by atoms with van der Waals surface area (Å²) < 4.78 is 13.3. The molecule has 1 aromatic heterocycles. The van der Waals surface area contributed by atoms with Gasteiger partial charge in [0.2, 0.25) is 5.91 Å². The number of hydrogen-bond acceptors (Lipinski definition) is 3. The molecule has 4 nitrogen and oxygen atoms in total. The molecule has 1 atom stereocenters. The van der Waals surface area contributed by atoms with E-state index >= 15 is 0 Å². The van der Waals surface area contributed by atoms with Crippen LogP contribution in [0.25, 0.3) is 0 Å². The van der Waals surface area contributed by atoms with Crippen molar-refractivity contribution in [1.82, 2.24) is 9.80 Å². The zero-order valence-corrected chi connectivity index (χ0v) is 18.8. The Balaban J connectivity index is 1.42. The van der Waals surface area contributed by atoms with E-state index in [4.69, 9.17) is 0 Å². The van der Waals surface area contributed by atoms with Gasteiger partial charge in [0.1, 0.15) is 12.4 Å². The molecule has 0 N–H and O–H groups in total. The van der Waals surface area contributed by atoms with Gasteiger partial charge in [0, 0.05) is 23.0 Å². The van der Waals surface area contributed by atoms with Gasteiger partial charge >= 0.3 is 0 Å². The first kappa shape index (κ1) is 20.9. The molecule has 1 aliphatic carbocycles. The number of carbonyl (C=O) groups is 2. The summed E-state index contributed by atoms with van der Waals surface area (Å²) in [6.45, 7) is 2.73. The number of aryl methyl sites for hydroxylation is 1. The van der Waals surface area contributed by atoms with Crippen LogP contribution >= 0.6 is 11.3 Å². The molecule has 1 aliphatic heterocycles. The molecule has 1 fully saturated rings. The Morgan fingerprint density at radius 1 is 1.06 bits per heavy atom. The topological polar surface area (TPSA) is 40.6 Å². The minimum atomic E-state index is -0.378. The number of rotatable bonds is 5. The summed E-state index contributed by atoms with van der Waals surface area (Å²) in [6, 6.07) is 16.0. The zero-order valence-electron chi connectivity index (χ0n) is 18.0. The summed E-state index contributed by atoms with van der Waals surface area (Å²) in [5.74, 6) is -0.632. The molecule has 2 amide bonds. The quantitative estimate of drug-likeness (QED) is 0.553. The van der Waals surface area contributed by atoms with E-state index in [1.165, 1.54) is 40.3 Å². The van der Waals surface area contributed by atoms with Gasteiger partial charge < -0.3 is 9.80 Å². The fraction of sp³-hybridized carbons (Fsp3) is 0.308. The molecule has 2 aromatic carbocycles. The maximum absolute atomic E-state index is 13.6. The van der Waals surface area contributed by atoms with Crippen LogP contribution in [0.3, 0.4) is 0 Å². The second-order valence-corrected chi connectivity index (χ2v) is 9.62. The van der Waals surface area contributed by atoms with Crippen molar-refractivity contribution in [3.8, 4) is 0 Å². The fourth-order valence-electron chi connectivity index (χ4n) is 4.44. The largest absolute Gasteiger partial charge is 0.330 e. The molecule has 0 saturated heterocycles. The molecule has 0 spiro atoms. The van der Waals surface area contributed by atoms with Crippen LogP contribution < -0.4 is 0 Å². The number of carbonyl (C=O) groups excluding carboxylic acids is 2. The number of nitrogens with zero attached hydrogens (tertiary/aromatic N) is 2. The maximum Gasteiger partial charge on any atom is 0.254 e.